The fourth-order valence-corrected chi connectivity index (χ4v) is 2.23. The number of rotatable bonds is 7. The summed E-state index contributed by atoms with van der Waals surface area (Å²) in [7, 11) is 0. The minimum Gasteiger partial charge on any atom is -0.349 e. The van der Waals surface area contributed by atoms with Gasteiger partial charge in [0.05, 0.1) is 6.17 Å². The molecule has 0 fully saturated rings. The molecule has 2 aromatic carbocycles. The van der Waals surface area contributed by atoms with Gasteiger partial charge in [0.15, 0.2) is 5.78 Å². The van der Waals surface area contributed by atoms with Gasteiger partial charge in [-0.25, -0.2) is 0 Å². The Morgan fingerprint density at radius 1 is 1.05 bits per heavy atom. The van der Waals surface area contributed by atoms with Crippen LogP contribution in [0.1, 0.15) is 15.9 Å². The van der Waals surface area contributed by atoms with Gasteiger partial charge in [-0.05, 0) is 24.3 Å². The highest BCUT2D eigenvalue weighted by atomic mass is 16.1. The number of anilines is 1. The van der Waals surface area contributed by atoms with E-state index in [2.05, 4.69) is 13.2 Å². The van der Waals surface area contributed by atoms with Gasteiger partial charge >= 0.3 is 0 Å². The van der Waals surface area contributed by atoms with E-state index in [0.717, 1.165) is 5.69 Å². The van der Waals surface area contributed by atoms with Crippen LogP contribution in [0.25, 0.3) is 0 Å². The average Bonchev–Trinajstić information content (AvgIpc) is 2.59. The highest BCUT2D eigenvalue weighted by Crippen LogP contribution is 2.19. The lowest BCUT2D eigenvalue weighted by Crippen LogP contribution is -2.40. The second kappa shape index (κ2) is 7.38. The summed E-state index contributed by atoms with van der Waals surface area (Å²) in [6.45, 7) is 8.07. The summed E-state index contributed by atoms with van der Waals surface area (Å²) in [6.07, 6.45) is 3.16. The maximum Gasteiger partial charge on any atom is 0.193 e. The van der Waals surface area contributed by atoms with Crippen LogP contribution >= 0.6 is 0 Å². The number of benzene rings is 2. The molecule has 0 aromatic heterocycles. The molecule has 0 aliphatic rings. The first kappa shape index (κ1) is 15.7. The summed E-state index contributed by atoms with van der Waals surface area (Å²) in [6, 6.07) is 16.7. The monoisotopic (exact) mass is 292 g/mol. The van der Waals surface area contributed by atoms with Gasteiger partial charge in [-0.1, -0.05) is 49.1 Å². The second-order valence-corrected chi connectivity index (χ2v) is 4.91. The number of hydrogen-bond acceptors (Lipinski definition) is 3. The quantitative estimate of drug-likeness (QED) is 0.483. The van der Waals surface area contributed by atoms with Crippen molar-refractivity contribution in [2.75, 3.05) is 11.4 Å². The Labute approximate surface area is 131 Å². The highest BCUT2D eigenvalue weighted by Gasteiger charge is 2.12. The third-order valence-corrected chi connectivity index (χ3v) is 3.42. The van der Waals surface area contributed by atoms with E-state index in [0.29, 0.717) is 17.7 Å². The molecular weight excluding hydrogens is 272 g/mol. The van der Waals surface area contributed by atoms with Crippen LogP contribution in [0.2, 0.25) is 0 Å². The van der Waals surface area contributed by atoms with Crippen LogP contribution in [0.15, 0.2) is 79.9 Å². The largest absolute Gasteiger partial charge is 0.349 e. The van der Waals surface area contributed by atoms with Crippen LogP contribution in [0, 0.1) is 0 Å². The van der Waals surface area contributed by atoms with Crippen LogP contribution < -0.4 is 10.6 Å². The van der Waals surface area contributed by atoms with Crippen molar-refractivity contribution in [2.45, 2.75) is 6.17 Å². The van der Waals surface area contributed by atoms with E-state index < -0.39 is 0 Å². The normalized spacial score (nSPS) is 11.5. The van der Waals surface area contributed by atoms with Gasteiger partial charge < -0.3 is 10.6 Å². The molecule has 0 saturated heterocycles. The van der Waals surface area contributed by atoms with E-state index in [1.807, 2.05) is 59.5 Å². The van der Waals surface area contributed by atoms with Gasteiger partial charge in [0.1, 0.15) is 0 Å². The lowest BCUT2D eigenvalue weighted by atomic mass is 10.0. The van der Waals surface area contributed by atoms with Crippen LogP contribution in [0.3, 0.4) is 0 Å². The molecule has 0 aliphatic heterocycles. The lowest BCUT2D eigenvalue weighted by molar-refractivity contribution is 0.103. The minimum atomic E-state index is -0.298. The Kier molecular flexibility index (Phi) is 5.28. The summed E-state index contributed by atoms with van der Waals surface area (Å²) in [5.74, 6) is 0.00967. The third-order valence-electron chi connectivity index (χ3n) is 3.42. The number of nitrogens with zero attached hydrogens (tertiary/aromatic N) is 1. The molecule has 2 N–H and O–H groups in total. The van der Waals surface area contributed by atoms with E-state index in [1.54, 1.807) is 12.2 Å². The molecule has 0 saturated carbocycles. The summed E-state index contributed by atoms with van der Waals surface area (Å²) in [5.41, 5.74) is 8.28. The zero-order valence-corrected chi connectivity index (χ0v) is 12.5. The fraction of sp³-hybridized carbons (Fsp3) is 0.105. The molecule has 0 amide bonds. The number of carbonyl (C=O) groups excluding carboxylic acids is 1. The molecule has 0 radical (unpaired) electrons. The van der Waals surface area contributed by atoms with Crippen molar-refractivity contribution in [3.05, 3.63) is 91.0 Å². The minimum absolute atomic E-state index is 0.00967. The van der Waals surface area contributed by atoms with E-state index in [4.69, 9.17) is 5.73 Å². The fourth-order valence-electron chi connectivity index (χ4n) is 2.23. The predicted molar refractivity (Wildman–Crippen MR) is 92.0 cm³/mol. The highest BCUT2D eigenvalue weighted by molar-refractivity contribution is 6.09. The number of nitrogens with two attached hydrogens (primary N) is 1. The Morgan fingerprint density at radius 2 is 1.64 bits per heavy atom. The number of carbonyl (C=O) groups is 1. The molecule has 2 rings (SSSR count). The predicted octanol–water partition coefficient (Wildman–Crippen LogP) is 3.38. The van der Waals surface area contributed by atoms with Crippen LogP contribution in [-0.4, -0.2) is 18.5 Å². The Hall–Kier alpha value is -2.65. The zero-order chi connectivity index (χ0) is 15.9. The zero-order valence-electron chi connectivity index (χ0n) is 12.5. The molecular formula is C19H20N2O. The molecule has 112 valence electrons. The SMILES string of the molecule is C=CCN(c1ccc(C(=O)c2ccccc2)cc1)C(N)C=C. The van der Waals surface area contributed by atoms with Gasteiger partial charge in [-0.2, -0.15) is 0 Å². The maximum atomic E-state index is 12.4. The van der Waals surface area contributed by atoms with Gasteiger partial charge in [-0.3, -0.25) is 4.79 Å². The van der Waals surface area contributed by atoms with Crippen LogP contribution in [-0.2, 0) is 0 Å². The van der Waals surface area contributed by atoms with Gasteiger partial charge in [-0.15, -0.1) is 6.58 Å². The summed E-state index contributed by atoms with van der Waals surface area (Å²) < 4.78 is 0. The van der Waals surface area contributed by atoms with Crippen molar-refractivity contribution >= 4 is 11.5 Å². The molecule has 2 aromatic rings. The van der Waals surface area contributed by atoms with E-state index in [9.17, 15) is 4.79 Å². The van der Waals surface area contributed by atoms with Gasteiger partial charge in [0, 0.05) is 23.4 Å². The molecule has 1 atom stereocenters. The molecule has 0 heterocycles. The number of hydrogen-bond donors (Lipinski definition) is 1. The first-order valence-corrected chi connectivity index (χ1v) is 7.13. The standard InChI is InChI=1S/C19H20N2O/c1-3-14-21(18(20)4-2)17-12-10-16(11-13-17)19(22)15-8-6-5-7-9-15/h3-13,18H,1-2,14,20H2. The van der Waals surface area contributed by atoms with E-state index in [1.165, 1.54) is 0 Å². The van der Waals surface area contributed by atoms with Crippen molar-refractivity contribution in [1.29, 1.82) is 0 Å². The first-order chi connectivity index (χ1) is 10.7. The third kappa shape index (κ3) is 3.51. The van der Waals surface area contributed by atoms with Gasteiger partial charge in [0.2, 0.25) is 0 Å². The summed E-state index contributed by atoms with van der Waals surface area (Å²) in [5, 5.41) is 0. The molecule has 22 heavy (non-hydrogen) atoms. The molecule has 1 unspecified atom stereocenters. The van der Waals surface area contributed by atoms with Crippen LogP contribution in [0.4, 0.5) is 5.69 Å². The average molecular weight is 292 g/mol. The van der Waals surface area contributed by atoms with Gasteiger partial charge in [0.25, 0.3) is 0 Å². The topological polar surface area (TPSA) is 46.3 Å². The molecule has 0 aliphatic carbocycles. The molecule has 3 nitrogen and oxygen atoms in total. The van der Waals surface area contributed by atoms with Crippen molar-refractivity contribution in [3.8, 4) is 0 Å². The van der Waals surface area contributed by atoms with Crippen molar-refractivity contribution < 1.29 is 4.79 Å². The lowest BCUT2D eigenvalue weighted by Gasteiger charge is -2.28. The molecule has 0 spiro atoms. The molecule has 3 heteroatoms. The smallest absolute Gasteiger partial charge is 0.193 e. The molecule has 0 bridgehead atoms. The second-order valence-electron chi connectivity index (χ2n) is 4.91. The van der Waals surface area contributed by atoms with Crippen molar-refractivity contribution in [2.24, 2.45) is 5.73 Å². The first-order valence-electron chi connectivity index (χ1n) is 7.13. The number of ketones is 1. The summed E-state index contributed by atoms with van der Waals surface area (Å²) in [4.78, 5) is 14.3. The Bertz CT molecular complexity index is 647. The Morgan fingerprint density at radius 3 is 2.18 bits per heavy atom. The Balaban J connectivity index is 2.24. The van der Waals surface area contributed by atoms with E-state index in [-0.39, 0.29) is 11.9 Å². The summed E-state index contributed by atoms with van der Waals surface area (Å²) >= 11 is 0. The van der Waals surface area contributed by atoms with E-state index >= 15 is 0 Å². The maximum absolute atomic E-state index is 12.4. The van der Waals surface area contributed by atoms with Crippen LogP contribution in [0.5, 0.6) is 0 Å². The van der Waals surface area contributed by atoms with Crippen molar-refractivity contribution in [1.82, 2.24) is 0 Å². The van der Waals surface area contributed by atoms with Crippen molar-refractivity contribution in [3.63, 3.8) is 0 Å².